The number of hydrogen-bond acceptors (Lipinski definition) is 4. The Morgan fingerprint density at radius 1 is 1.14 bits per heavy atom. The van der Waals surface area contributed by atoms with Gasteiger partial charge in [-0.05, 0) is 18.2 Å². The molecule has 0 unspecified atom stereocenters. The highest BCUT2D eigenvalue weighted by atomic mass is 16.2. The number of aromatic nitrogens is 2. The van der Waals surface area contributed by atoms with Crippen molar-refractivity contribution in [2.75, 3.05) is 30.3 Å². The van der Waals surface area contributed by atoms with Crippen molar-refractivity contribution >= 4 is 17.3 Å². The van der Waals surface area contributed by atoms with Gasteiger partial charge in [-0.3, -0.25) is 4.79 Å². The van der Waals surface area contributed by atoms with E-state index in [9.17, 15) is 4.79 Å². The van der Waals surface area contributed by atoms with Crippen molar-refractivity contribution in [1.29, 1.82) is 0 Å². The Bertz CT molecular complexity index is 693. The minimum absolute atomic E-state index is 0.0689. The first-order chi connectivity index (χ1) is 10.3. The number of carbonyl (C=O) groups excluding carboxylic acids is 1. The van der Waals surface area contributed by atoms with E-state index >= 15 is 0 Å². The highest BCUT2D eigenvalue weighted by Crippen LogP contribution is 2.26. The molecule has 2 N–H and O–H groups in total. The summed E-state index contributed by atoms with van der Waals surface area (Å²) < 4.78 is 2.10. The summed E-state index contributed by atoms with van der Waals surface area (Å²) in [4.78, 5) is 18.8. The summed E-state index contributed by atoms with van der Waals surface area (Å²) in [5.74, 6) is 1.02. The fourth-order valence-electron chi connectivity index (χ4n) is 2.90. The van der Waals surface area contributed by atoms with E-state index in [1.54, 1.807) is 6.20 Å². The van der Waals surface area contributed by atoms with Gasteiger partial charge in [0.2, 0.25) is 0 Å². The van der Waals surface area contributed by atoms with Crippen LogP contribution in [0.5, 0.6) is 0 Å². The van der Waals surface area contributed by atoms with Gasteiger partial charge in [-0.15, -0.1) is 0 Å². The Morgan fingerprint density at radius 3 is 2.90 bits per heavy atom. The van der Waals surface area contributed by atoms with Crippen molar-refractivity contribution in [3.8, 4) is 0 Å². The second kappa shape index (κ2) is 4.80. The molecule has 3 heterocycles. The lowest BCUT2D eigenvalue weighted by atomic mass is 10.1. The molecule has 0 bridgehead atoms. The molecule has 0 saturated heterocycles. The summed E-state index contributed by atoms with van der Waals surface area (Å²) >= 11 is 0. The summed E-state index contributed by atoms with van der Waals surface area (Å²) in [5, 5.41) is 6.64. The molecule has 1 aromatic carbocycles. The lowest BCUT2D eigenvalue weighted by Gasteiger charge is -2.28. The van der Waals surface area contributed by atoms with Crippen LogP contribution in [-0.4, -0.2) is 40.0 Å². The molecule has 108 valence electrons. The zero-order chi connectivity index (χ0) is 14.2. The van der Waals surface area contributed by atoms with Crippen molar-refractivity contribution in [2.45, 2.75) is 13.1 Å². The van der Waals surface area contributed by atoms with Crippen LogP contribution in [0.4, 0.5) is 11.4 Å². The molecular formula is C15H17N5O. The number of amides is 1. The summed E-state index contributed by atoms with van der Waals surface area (Å²) in [7, 11) is 0. The Kier molecular flexibility index (Phi) is 2.80. The Morgan fingerprint density at radius 2 is 2.00 bits per heavy atom. The van der Waals surface area contributed by atoms with Crippen molar-refractivity contribution < 1.29 is 4.79 Å². The maximum Gasteiger partial charge on any atom is 0.254 e. The molecule has 0 saturated carbocycles. The fraction of sp³-hybridized carbons (Fsp3) is 0.333. The van der Waals surface area contributed by atoms with Crippen molar-refractivity contribution in [3.05, 3.63) is 42.0 Å². The second-order valence-electron chi connectivity index (χ2n) is 5.38. The zero-order valence-corrected chi connectivity index (χ0v) is 11.7. The number of imidazole rings is 1. The lowest BCUT2D eigenvalue weighted by Crippen LogP contribution is -2.38. The van der Waals surface area contributed by atoms with Gasteiger partial charge in [-0.1, -0.05) is 0 Å². The number of nitrogens with one attached hydrogen (secondary N) is 2. The molecular weight excluding hydrogens is 266 g/mol. The summed E-state index contributed by atoms with van der Waals surface area (Å²) in [6.07, 6.45) is 3.75. The Balaban J connectivity index is 1.58. The first-order valence-electron chi connectivity index (χ1n) is 7.22. The van der Waals surface area contributed by atoms with Crippen LogP contribution in [0.3, 0.4) is 0 Å². The number of anilines is 2. The largest absolute Gasteiger partial charge is 0.382 e. The van der Waals surface area contributed by atoms with Gasteiger partial charge in [-0.2, -0.15) is 0 Å². The minimum Gasteiger partial charge on any atom is -0.382 e. The Labute approximate surface area is 122 Å². The van der Waals surface area contributed by atoms with E-state index in [2.05, 4.69) is 20.2 Å². The maximum atomic E-state index is 12.7. The van der Waals surface area contributed by atoms with E-state index in [1.807, 2.05) is 29.3 Å². The van der Waals surface area contributed by atoms with Crippen LogP contribution < -0.4 is 10.6 Å². The molecule has 21 heavy (non-hydrogen) atoms. The van der Waals surface area contributed by atoms with Gasteiger partial charge in [0.05, 0.1) is 17.9 Å². The third kappa shape index (κ3) is 2.12. The zero-order valence-electron chi connectivity index (χ0n) is 11.7. The molecule has 2 aliphatic heterocycles. The quantitative estimate of drug-likeness (QED) is 0.830. The third-order valence-corrected chi connectivity index (χ3v) is 4.05. The lowest BCUT2D eigenvalue weighted by molar-refractivity contribution is 0.0707. The van der Waals surface area contributed by atoms with Crippen LogP contribution in [0.1, 0.15) is 16.2 Å². The Hall–Kier alpha value is -2.50. The van der Waals surface area contributed by atoms with Gasteiger partial charge < -0.3 is 20.1 Å². The smallest absolute Gasteiger partial charge is 0.254 e. The third-order valence-electron chi connectivity index (χ3n) is 4.05. The average Bonchev–Trinajstić information content (AvgIpc) is 3.01. The summed E-state index contributed by atoms with van der Waals surface area (Å²) in [6.45, 7) is 3.91. The minimum atomic E-state index is 0.0689. The van der Waals surface area contributed by atoms with Crippen LogP contribution in [0.25, 0.3) is 0 Å². The predicted octanol–water partition coefficient (Wildman–Crippen LogP) is 1.38. The molecule has 0 radical (unpaired) electrons. The number of benzene rings is 1. The normalized spacial score (nSPS) is 16.5. The topological polar surface area (TPSA) is 62.2 Å². The fourth-order valence-corrected chi connectivity index (χ4v) is 2.90. The van der Waals surface area contributed by atoms with E-state index < -0.39 is 0 Å². The molecule has 1 aromatic heterocycles. The van der Waals surface area contributed by atoms with Crippen LogP contribution in [-0.2, 0) is 13.1 Å². The van der Waals surface area contributed by atoms with Crippen LogP contribution in [0.15, 0.2) is 30.6 Å². The number of hydrogen-bond donors (Lipinski definition) is 2. The highest BCUT2D eigenvalue weighted by Gasteiger charge is 2.23. The number of nitrogens with zero attached hydrogens (tertiary/aromatic N) is 3. The standard InChI is InChI=1S/C15H17N5O/c21-15(20-8-7-19-6-5-18-14(19)10-20)11-1-2-12-13(9-11)17-4-3-16-12/h1-2,5-6,9,16-17H,3-4,7-8,10H2. The molecule has 0 aliphatic carbocycles. The number of carbonyl (C=O) groups is 1. The van der Waals surface area contributed by atoms with Crippen molar-refractivity contribution in [1.82, 2.24) is 14.5 Å². The van der Waals surface area contributed by atoms with E-state index in [1.165, 1.54) is 0 Å². The SMILES string of the molecule is O=C(c1ccc2c(c1)NCCN2)N1CCn2ccnc2C1. The van der Waals surface area contributed by atoms with Crippen molar-refractivity contribution in [3.63, 3.8) is 0 Å². The average molecular weight is 283 g/mol. The van der Waals surface area contributed by atoms with E-state index in [4.69, 9.17) is 0 Å². The first-order valence-corrected chi connectivity index (χ1v) is 7.22. The molecule has 6 nitrogen and oxygen atoms in total. The van der Waals surface area contributed by atoms with Gasteiger partial charge >= 0.3 is 0 Å². The van der Waals surface area contributed by atoms with Gasteiger partial charge in [0, 0.05) is 44.1 Å². The monoisotopic (exact) mass is 283 g/mol. The molecule has 1 amide bonds. The van der Waals surface area contributed by atoms with Crippen molar-refractivity contribution in [2.24, 2.45) is 0 Å². The molecule has 0 atom stereocenters. The summed E-state index contributed by atoms with van der Waals surface area (Å²) in [6, 6.07) is 5.80. The molecule has 0 fully saturated rings. The number of rotatable bonds is 1. The molecule has 2 aliphatic rings. The van der Waals surface area contributed by atoms with Gasteiger partial charge in [0.1, 0.15) is 5.82 Å². The molecule has 2 aromatic rings. The van der Waals surface area contributed by atoms with Gasteiger partial charge in [-0.25, -0.2) is 4.98 Å². The van der Waals surface area contributed by atoms with Crippen LogP contribution >= 0.6 is 0 Å². The van der Waals surface area contributed by atoms with E-state index in [0.717, 1.165) is 48.9 Å². The van der Waals surface area contributed by atoms with E-state index in [-0.39, 0.29) is 5.91 Å². The highest BCUT2D eigenvalue weighted by molar-refractivity contribution is 5.96. The van der Waals surface area contributed by atoms with Gasteiger partial charge in [0.25, 0.3) is 5.91 Å². The van der Waals surface area contributed by atoms with Gasteiger partial charge in [0.15, 0.2) is 0 Å². The van der Waals surface area contributed by atoms with Crippen LogP contribution in [0, 0.1) is 0 Å². The summed E-state index contributed by atoms with van der Waals surface area (Å²) in [5.41, 5.74) is 2.79. The predicted molar refractivity (Wildman–Crippen MR) is 80.4 cm³/mol. The molecule has 4 rings (SSSR count). The maximum absolute atomic E-state index is 12.7. The molecule has 6 heteroatoms. The first kappa shape index (κ1) is 12.3. The molecule has 0 spiro atoms. The van der Waals surface area contributed by atoms with E-state index in [0.29, 0.717) is 6.54 Å². The number of fused-ring (bicyclic) bond motifs is 2. The second-order valence-corrected chi connectivity index (χ2v) is 5.38. The van der Waals surface area contributed by atoms with Crippen LogP contribution in [0.2, 0.25) is 0 Å².